The summed E-state index contributed by atoms with van der Waals surface area (Å²) in [5.74, 6) is -0.806. The minimum Gasteiger partial charge on any atom is -0.462 e. The van der Waals surface area contributed by atoms with Gasteiger partial charge in [-0.2, -0.15) is 0 Å². The topological polar surface area (TPSA) is 108 Å². The van der Waals surface area contributed by atoms with Crippen LogP contribution in [0.25, 0.3) is 0 Å². The fourth-order valence-corrected chi connectivity index (χ4v) is 5.93. The summed E-state index contributed by atoms with van der Waals surface area (Å²) < 4.78 is 34.1. The molecular weight excluding hydrogens is 629 g/mol. The molecule has 10 heteroatoms. The van der Waals surface area contributed by atoms with Crippen LogP contribution >= 0.6 is 7.82 Å². The third-order valence-electron chi connectivity index (χ3n) is 8.30. The zero-order chi connectivity index (χ0) is 35.8. The van der Waals surface area contributed by atoms with Crippen LogP contribution in [0, 0.1) is 0 Å². The first kappa shape index (κ1) is 46.8. The molecule has 2 atom stereocenters. The summed E-state index contributed by atoms with van der Waals surface area (Å²) in [6, 6.07) is 0. The van der Waals surface area contributed by atoms with Crippen LogP contribution in [0.2, 0.25) is 0 Å². The van der Waals surface area contributed by atoms with Gasteiger partial charge in [-0.3, -0.25) is 18.6 Å². The van der Waals surface area contributed by atoms with Gasteiger partial charge in [-0.25, -0.2) is 4.57 Å². The molecule has 0 rings (SSSR count). The first-order valence-electron chi connectivity index (χ1n) is 19.4. The van der Waals surface area contributed by atoms with Crippen LogP contribution in [0.15, 0.2) is 12.2 Å². The van der Waals surface area contributed by atoms with E-state index in [0.29, 0.717) is 23.9 Å². The molecule has 0 heterocycles. The zero-order valence-corrected chi connectivity index (χ0v) is 32.6. The van der Waals surface area contributed by atoms with E-state index in [4.69, 9.17) is 18.5 Å². The van der Waals surface area contributed by atoms with Gasteiger partial charge in [0.1, 0.15) is 19.8 Å². The molecule has 0 radical (unpaired) electrons. The summed E-state index contributed by atoms with van der Waals surface area (Å²) >= 11 is 0. The average molecular weight is 705 g/mol. The Labute approximate surface area is 295 Å². The molecule has 0 amide bonds. The molecule has 0 spiro atoms. The molecule has 284 valence electrons. The second kappa shape index (κ2) is 31.7. The first-order chi connectivity index (χ1) is 23.0. The number of likely N-dealkylation sites (N-methyl/N-ethyl adjacent to an activating group) is 1. The Morgan fingerprint density at radius 3 is 1.56 bits per heavy atom. The number of ether oxygens (including phenoxy) is 2. The summed E-state index contributed by atoms with van der Waals surface area (Å²) in [4.78, 5) is 35.1. The molecule has 0 aromatic heterocycles. The standard InChI is InChI=1S/C38H74NO8P/c1-6-8-10-12-14-16-18-19-21-23-25-27-29-31-38(41)47-36(35-46-48(42,43)45-33-32-39(3,4)5)34-44-37(40)30-28-26-24-22-20-17-15-13-11-9-7-2/h16,18,36H,6-15,17,19-35H2,1-5H3/p+1/b18-16-/t36-/m1/s1. The van der Waals surface area contributed by atoms with Crippen molar-refractivity contribution in [3.8, 4) is 0 Å². The van der Waals surface area contributed by atoms with Crippen LogP contribution in [0.1, 0.15) is 168 Å². The van der Waals surface area contributed by atoms with E-state index < -0.39 is 26.5 Å². The molecule has 1 unspecified atom stereocenters. The van der Waals surface area contributed by atoms with E-state index in [1.165, 1.54) is 83.5 Å². The highest BCUT2D eigenvalue weighted by Gasteiger charge is 2.27. The van der Waals surface area contributed by atoms with E-state index in [0.717, 1.165) is 51.4 Å². The number of carbonyl (C=O) groups excluding carboxylic acids is 2. The molecule has 48 heavy (non-hydrogen) atoms. The zero-order valence-electron chi connectivity index (χ0n) is 31.7. The number of esters is 2. The number of nitrogens with zero attached hydrogens (tertiary/aromatic N) is 1. The van der Waals surface area contributed by atoms with Gasteiger partial charge in [0, 0.05) is 12.8 Å². The number of unbranched alkanes of at least 4 members (excludes halogenated alkanes) is 19. The molecule has 0 aromatic rings. The number of quaternary nitrogens is 1. The van der Waals surface area contributed by atoms with Crippen molar-refractivity contribution in [2.75, 3.05) is 47.5 Å². The summed E-state index contributed by atoms with van der Waals surface area (Å²) in [5, 5.41) is 0. The largest absolute Gasteiger partial charge is 0.472 e. The highest BCUT2D eigenvalue weighted by Crippen LogP contribution is 2.43. The van der Waals surface area contributed by atoms with E-state index in [2.05, 4.69) is 26.0 Å². The second-order valence-corrected chi connectivity index (χ2v) is 15.8. The Morgan fingerprint density at radius 1 is 0.625 bits per heavy atom. The van der Waals surface area contributed by atoms with E-state index in [9.17, 15) is 19.0 Å². The first-order valence-corrected chi connectivity index (χ1v) is 20.9. The maximum atomic E-state index is 12.6. The maximum Gasteiger partial charge on any atom is 0.472 e. The number of hydrogen-bond acceptors (Lipinski definition) is 7. The highest BCUT2D eigenvalue weighted by atomic mass is 31.2. The normalized spacial score (nSPS) is 13.9. The predicted molar refractivity (Wildman–Crippen MR) is 197 cm³/mol. The van der Waals surface area contributed by atoms with Crippen molar-refractivity contribution < 1.29 is 42.1 Å². The van der Waals surface area contributed by atoms with Crippen molar-refractivity contribution in [2.24, 2.45) is 0 Å². The van der Waals surface area contributed by atoms with Gasteiger partial charge >= 0.3 is 19.8 Å². The highest BCUT2D eigenvalue weighted by molar-refractivity contribution is 7.47. The molecule has 0 saturated heterocycles. The van der Waals surface area contributed by atoms with E-state index in [-0.39, 0.29) is 25.6 Å². The average Bonchev–Trinajstić information content (AvgIpc) is 3.02. The van der Waals surface area contributed by atoms with Gasteiger partial charge in [0.25, 0.3) is 0 Å². The van der Waals surface area contributed by atoms with Gasteiger partial charge in [-0.1, -0.05) is 129 Å². The lowest BCUT2D eigenvalue weighted by atomic mass is 10.1. The molecular formula is C38H75NO8P+. The van der Waals surface area contributed by atoms with Crippen LogP contribution in [0.4, 0.5) is 0 Å². The van der Waals surface area contributed by atoms with Crippen molar-refractivity contribution in [3.63, 3.8) is 0 Å². The summed E-state index contributed by atoms with van der Waals surface area (Å²) in [5.41, 5.74) is 0. The smallest absolute Gasteiger partial charge is 0.462 e. The Bertz CT molecular complexity index is 845. The molecule has 0 fully saturated rings. The lowest BCUT2D eigenvalue weighted by Crippen LogP contribution is -2.37. The summed E-state index contributed by atoms with van der Waals surface area (Å²) in [6.45, 7) is 4.38. The fourth-order valence-electron chi connectivity index (χ4n) is 5.18. The van der Waals surface area contributed by atoms with Gasteiger partial charge < -0.3 is 18.9 Å². The molecule has 0 aliphatic rings. The van der Waals surface area contributed by atoms with Gasteiger partial charge in [-0.15, -0.1) is 0 Å². The van der Waals surface area contributed by atoms with Crippen molar-refractivity contribution in [1.82, 2.24) is 0 Å². The van der Waals surface area contributed by atoms with Gasteiger partial charge in [0.15, 0.2) is 6.10 Å². The number of carbonyl (C=O) groups is 2. The van der Waals surface area contributed by atoms with E-state index in [1.807, 2.05) is 21.1 Å². The van der Waals surface area contributed by atoms with E-state index >= 15 is 0 Å². The number of phosphoric acid groups is 1. The van der Waals surface area contributed by atoms with Crippen molar-refractivity contribution in [1.29, 1.82) is 0 Å². The quantitative estimate of drug-likeness (QED) is 0.0228. The monoisotopic (exact) mass is 705 g/mol. The van der Waals surface area contributed by atoms with Crippen LogP contribution in [-0.2, 0) is 32.7 Å². The van der Waals surface area contributed by atoms with Gasteiger partial charge in [0.2, 0.25) is 0 Å². The molecule has 9 nitrogen and oxygen atoms in total. The predicted octanol–water partition coefficient (Wildman–Crippen LogP) is 10.2. The number of hydrogen-bond donors (Lipinski definition) is 1. The number of rotatable bonds is 35. The van der Waals surface area contributed by atoms with Crippen molar-refractivity contribution >= 4 is 19.8 Å². The van der Waals surface area contributed by atoms with Crippen LogP contribution in [0.5, 0.6) is 0 Å². The molecule has 0 aromatic carbocycles. The van der Waals surface area contributed by atoms with Crippen LogP contribution in [-0.4, -0.2) is 74.9 Å². The third-order valence-corrected chi connectivity index (χ3v) is 9.28. The van der Waals surface area contributed by atoms with Crippen molar-refractivity contribution in [3.05, 3.63) is 12.2 Å². The molecule has 1 N–H and O–H groups in total. The lowest BCUT2D eigenvalue weighted by Gasteiger charge is -2.24. The second-order valence-electron chi connectivity index (χ2n) is 14.3. The maximum absolute atomic E-state index is 12.6. The lowest BCUT2D eigenvalue weighted by molar-refractivity contribution is -0.870. The summed E-state index contributed by atoms with van der Waals surface area (Å²) in [7, 11) is 1.48. The Morgan fingerprint density at radius 2 is 1.06 bits per heavy atom. The Balaban J connectivity index is 4.44. The van der Waals surface area contributed by atoms with Gasteiger partial charge in [0.05, 0.1) is 27.7 Å². The number of allylic oxidation sites excluding steroid dienone is 2. The molecule has 0 saturated carbocycles. The molecule has 0 aliphatic carbocycles. The fraction of sp³-hybridized carbons (Fsp3) is 0.895. The third kappa shape index (κ3) is 34.6. The SMILES string of the molecule is CCCCCC/C=C\CCCCCCCC(=O)O[C@H](COC(=O)CCCCCCCCCCCCC)COP(=O)(O)OCC[N+](C)(C)C. The van der Waals surface area contributed by atoms with Crippen molar-refractivity contribution in [2.45, 2.75) is 174 Å². The Kier molecular flexibility index (Phi) is 30.9. The van der Waals surface area contributed by atoms with Gasteiger partial charge in [-0.05, 0) is 38.5 Å². The minimum absolute atomic E-state index is 0.0327. The summed E-state index contributed by atoms with van der Waals surface area (Å²) in [6.07, 6.45) is 29.7. The molecule has 0 aliphatic heterocycles. The van der Waals surface area contributed by atoms with Crippen LogP contribution in [0.3, 0.4) is 0 Å². The molecule has 0 bridgehead atoms. The Hall–Kier alpha value is -1.25. The minimum atomic E-state index is -4.36. The van der Waals surface area contributed by atoms with Crippen LogP contribution < -0.4 is 0 Å². The van der Waals surface area contributed by atoms with E-state index in [1.54, 1.807) is 0 Å². The number of phosphoric ester groups is 1.